The van der Waals surface area contributed by atoms with Crippen LogP contribution in [0.15, 0.2) is 24.4 Å². The number of likely N-dealkylation sites (tertiary alicyclic amines) is 1. The van der Waals surface area contributed by atoms with Crippen LogP contribution in [0.25, 0.3) is 0 Å². The first kappa shape index (κ1) is 25.4. The standard InChI is InChI=1S/C22H36N4O4/c1-6-9-10-17(19(27)21(29)24-11-7-2)25-20(28)18-12-15(14(4)5)13-26(18)22(30)16(23)8-3/h7-8,14-15,17-18H,2,6,9-13,23H2,1,3-5H3,(H,24,29)(H,25,28)/b16-8+/t15-,17?,18+/m1/s1. The fourth-order valence-electron chi connectivity index (χ4n) is 3.47. The van der Waals surface area contributed by atoms with Gasteiger partial charge in [0.15, 0.2) is 0 Å². The van der Waals surface area contributed by atoms with Crippen molar-refractivity contribution in [3.05, 3.63) is 24.4 Å². The Labute approximate surface area is 179 Å². The van der Waals surface area contributed by atoms with E-state index in [9.17, 15) is 19.2 Å². The number of hydrogen-bond acceptors (Lipinski definition) is 5. The zero-order valence-corrected chi connectivity index (χ0v) is 18.6. The lowest BCUT2D eigenvalue weighted by Crippen LogP contribution is -2.53. The number of nitrogens with two attached hydrogens (primary N) is 1. The van der Waals surface area contributed by atoms with Crippen molar-refractivity contribution in [1.82, 2.24) is 15.5 Å². The largest absolute Gasteiger partial charge is 0.395 e. The van der Waals surface area contributed by atoms with Gasteiger partial charge in [0, 0.05) is 13.1 Å². The molecule has 1 unspecified atom stereocenters. The fourth-order valence-corrected chi connectivity index (χ4v) is 3.47. The molecule has 0 aromatic heterocycles. The van der Waals surface area contributed by atoms with Crippen molar-refractivity contribution < 1.29 is 19.2 Å². The second-order valence-corrected chi connectivity index (χ2v) is 8.02. The summed E-state index contributed by atoms with van der Waals surface area (Å²) in [4.78, 5) is 51.9. The van der Waals surface area contributed by atoms with Crippen molar-refractivity contribution in [2.24, 2.45) is 17.6 Å². The van der Waals surface area contributed by atoms with E-state index in [1.54, 1.807) is 6.92 Å². The summed E-state index contributed by atoms with van der Waals surface area (Å²) >= 11 is 0. The molecule has 0 spiro atoms. The Hall–Kier alpha value is -2.64. The smallest absolute Gasteiger partial charge is 0.289 e. The molecule has 0 aromatic carbocycles. The van der Waals surface area contributed by atoms with E-state index in [1.165, 1.54) is 17.1 Å². The monoisotopic (exact) mass is 420 g/mol. The molecule has 3 amide bonds. The summed E-state index contributed by atoms with van der Waals surface area (Å²) < 4.78 is 0. The Bertz CT molecular complexity index is 687. The Balaban J connectivity index is 3.02. The molecule has 8 heteroatoms. The van der Waals surface area contributed by atoms with Crippen LogP contribution >= 0.6 is 0 Å². The van der Waals surface area contributed by atoms with Crippen molar-refractivity contribution in [2.75, 3.05) is 13.1 Å². The van der Waals surface area contributed by atoms with E-state index in [0.717, 1.165) is 6.42 Å². The number of amides is 3. The van der Waals surface area contributed by atoms with Crippen molar-refractivity contribution >= 4 is 23.5 Å². The van der Waals surface area contributed by atoms with E-state index in [1.807, 2.05) is 20.8 Å². The van der Waals surface area contributed by atoms with Crippen LogP contribution in [0.4, 0.5) is 0 Å². The molecule has 168 valence electrons. The van der Waals surface area contributed by atoms with Crippen molar-refractivity contribution in [1.29, 1.82) is 0 Å². The van der Waals surface area contributed by atoms with Gasteiger partial charge in [-0.25, -0.2) is 0 Å². The molecule has 0 bridgehead atoms. The second-order valence-electron chi connectivity index (χ2n) is 8.02. The van der Waals surface area contributed by atoms with Crippen LogP contribution in [0.2, 0.25) is 0 Å². The minimum absolute atomic E-state index is 0.0830. The third-order valence-electron chi connectivity index (χ3n) is 5.51. The number of carbonyl (C=O) groups excluding carboxylic acids is 4. The first-order valence-electron chi connectivity index (χ1n) is 10.6. The van der Waals surface area contributed by atoms with Crippen LogP contribution in [-0.2, 0) is 19.2 Å². The highest BCUT2D eigenvalue weighted by Crippen LogP contribution is 2.30. The Morgan fingerprint density at radius 2 is 1.93 bits per heavy atom. The van der Waals surface area contributed by atoms with Gasteiger partial charge in [0.25, 0.3) is 11.8 Å². The van der Waals surface area contributed by atoms with Gasteiger partial charge in [-0.2, -0.15) is 0 Å². The molecule has 0 aliphatic carbocycles. The molecule has 1 aliphatic heterocycles. The average Bonchev–Trinajstić information content (AvgIpc) is 3.19. The topological polar surface area (TPSA) is 122 Å². The number of ketones is 1. The molecule has 1 heterocycles. The van der Waals surface area contributed by atoms with Gasteiger partial charge in [0.05, 0.1) is 11.7 Å². The summed E-state index contributed by atoms with van der Waals surface area (Å²) in [6.07, 6.45) is 5.33. The molecule has 4 N–H and O–H groups in total. The van der Waals surface area contributed by atoms with Crippen molar-refractivity contribution in [3.63, 3.8) is 0 Å². The number of rotatable bonds is 11. The third kappa shape index (κ3) is 6.71. The van der Waals surface area contributed by atoms with Gasteiger partial charge >= 0.3 is 0 Å². The molecule has 1 saturated heterocycles. The van der Waals surface area contributed by atoms with Crippen LogP contribution < -0.4 is 16.4 Å². The number of Topliss-reactive ketones (excluding diaryl/α,β-unsaturated/α-hetero) is 1. The predicted molar refractivity (Wildman–Crippen MR) is 116 cm³/mol. The minimum Gasteiger partial charge on any atom is -0.395 e. The van der Waals surface area contributed by atoms with Gasteiger partial charge in [-0.15, -0.1) is 6.58 Å². The second kappa shape index (κ2) is 12.1. The Kier molecular flexibility index (Phi) is 10.3. The van der Waals surface area contributed by atoms with Crippen LogP contribution in [0, 0.1) is 11.8 Å². The van der Waals surface area contributed by atoms with E-state index in [0.29, 0.717) is 25.8 Å². The van der Waals surface area contributed by atoms with Crippen LogP contribution in [0.5, 0.6) is 0 Å². The van der Waals surface area contributed by atoms with Crippen LogP contribution in [-0.4, -0.2) is 53.6 Å². The molecule has 30 heavy (non-hydrogen) atoms. The van der Waals surface area contributed by atoms with Crippen LogP contribution in [0.3, 0.4) is 0 Å². The number of nitrogens with one attached hydrogen (secondary N) is 2. The number of unbranched alkanes of at least 4 members (excludes halogenated alkanes) is 1. The van der Waals surface area contributed by atoms with E-state index < -0.39 is 29.7 Å². The summed E-state index contributed by atoms with van der Waals surface area (Å²) in [5.74, 6) is -1.83. The molecular formula is C22H36N4O4. The molecule has 0 aromatic rings. The van der Waals surface area contributed by atoms with E-state index >= 15 is 0 Å². The fraction of sp³-hybridized carbons (Fsp3) is 0.636. The van der Waals surface area contributed by atoms with Gasteiger partial charge in [0.1, 0.15) is 6.04 Å². The summed E-state index contributed by atoms with van der Waals surface area (Å²) in [5, 5.41) is 5.18. The highest BCUT2D eigenvalue weighted by atomic mass is 16.2. The normalized spacial score (nSPS) is 20.0. The molecule has 0 saturated carbocycles. The summed E-state index contributed by atoms with van der Waals surface area (Å²) in [5.41, 5.74) is 5.89. The predicted octanol–water partition coefficient (Wildman–Crippen LogP) is 1.27. The van der Waals surface area contributed by atoms with Crippen LogP contribution in [0.1, 0.15) is 53.4 Å². The lowest BCUT2D eigenvalue weighted by Gasteiger charge is -2.26. The molecule has 1 fully saturated rings. The molecular weight excluding hydrogens is 384 g/mol. The third-order valence-corrected chi connectivity index (χ3v) is 5.51. The van der Waals surface area contributed by atoms with E-state index in [2.05, 4.69) is 17.2 Å². The first-order valence-corrected chi connectivity index (χ1v) is 10.6. The summed E-state index contributed by atoms with van der Waals surface area (Å²) in [6, 6.07) is -1.66. The molecule has 1 aliphatic rings. The van der Waals surface area contributed by atoms with Gasteiger partial charge in [-0.3, -0.25) is 19.2 Å². The summed E-state index contributed by atoms with van der Waals surface area (Å²) in [7, 11) is 0. The molecule has 3 atom stereocenters. The van der Waals surface area contributed by atoms with E-state index in [4.69, 9.17) is 5.73 Å². The zero-order valence-electron chi connectivity index (χ0n) is 18.6. The maximum Gasteiger partial charge on any atom is 0.289 e. The maximum absolute atomic E-state index is 13.1. The zero-order chi connectivity index (χ0) is 22.8. The number of nitrogens with zero attached hydrogens (tertiary/aromatic N) is 1. The quantitative estimate of drug-likeness (QED) is 0.264. The Morgan fingerprint density at radius 3 is 2.47 bits per heavy atom. The van der Waals surface area contributed by atoms with Crippen molar-refractivity contribution in [2.45, 2.75) is 65.5 Å². The lowest BCUT2D eigenvalue weighted by atomic mass is 9.93. The van der Waals surface area contributed by atoms with Crippen molar-refractivity contribution in [3.8, 4) is 0 Å². The number of allylic oxidation sites excluding steroid dienone is 1. The highest BCUT2D eigenvalue weighted by molar-refractivity contribution is 6.38. The highest BCUT2D eigenvalue weighted by Gasteiger charge is 2.42. The Morgan fingerprint density at radius 1 is 1.27 bits per heavy atom. The minimum atomic E-state index is -0.934. The maximum atomic E-state index is 13.1. The van der Waals surface area contributed by atoms with Gasteiger partial charge in [-0.05, 0) is 31.6 Å². The average molecular weight is 421 g/mol. The summed E-state index contributed by atoms with van der Waals surface area (Å²) in [6.45, 7) is 11.8. The number of carbonyl (C=O) groups is 4. The lowest BCUT2D eigenvalue weighted by molar-refractivity contribution is -0.141. The number of hydrogen-bond donors (Lipinski definition) is 3. The first-order chi connectivity index (χ1) is 14.2. The van der Waals surface area contributed by atoms with Gasteiger partial charge in [0.2, 0.25) is 11.7 Å². The molecule has 8 nitrogen and oxygen atoms in total. The van der Waals surface area contributed by atoms with E-state index in [-0.39, 0.29) is 30.0 Å². The molecule has 0 radical (unpaired) electrons. The van der Waals surface area contributed by atoms with Gasteiger partial charge < -0.3 is 21.3 Å². The molecule has 1 rings (SSSR count). The SMILES string of the molecule is C=CCNC(=O)C(=O)C(CCCC)NC(=O)[C@@H]1C[C@@H](C(C)C)CN1C(=O)/C(N)=C\C. The van der Waals surface area contributed by atoms with Gasteiger partial charge in [-0.1, -0.05) is 45.8 Å².